The molecule has 2 heteroatoms. The Labute approximate surface area is 154 Å². The van der Waals surface area contributed by atoms with Crippen LogP contribution in [0.4, 0.5) is 0 Å². The van der Waals surface area contributed by atoms with Crippen LogP contribution in [0.5, 0.6) is 0 Å². The Hall–Kier alpha value is -2.16. The summed E-state index contributed by atoms with van der Waals surface area (Å²) in [5.74, 6) is 0. The third-order valence-electron chi connectivity index (χ3n) is 4.03. The first-order chi connectivity index (χ1) is 11.8. The Kier molecular flexibility index (Phi) is 4.33. The Balaban J connectivity index is 2.03. The van der Waals surface area contributed by atoms with Gasteiger partial charge in [0.25, 0.3) is 0 Å². The van der Waals surface area contributed by atoms with Crippen molar-refractivity contribution in [1.82, 2.24) is 0 Å². The van der Waals surface area contributed by atoms with E-state index in [1.54, 1.807) is 11.3 Å². The maximum atomic E-state index is 3.82. The van der Waals surface area contributed by atoms with E-state index in [9.17, 15) is 0 Å². The second kappa shape index (κ2) is 6.76. The highest BCUT2D eigenvalue weighted by Gasteiger charge is 2.20. The zero-order chi connectivity index (χ0) is 16.4. The van der Waals surface area contributed by atoms with Crippen LogP contribution in [0.1, 0.15) is 0 Å². The highest BCUT2D eigenvalue weighted by Crippen LogP contribution is 2.50. The Bertz CT molecular complexity index is 941. The lowest BCUT2D eigenvalue weighted by atomic mass is 9.95. The molecule has 116 valence electrons. The third-order valence-corrected chi connectivity index (χ3v) is 5.94. The van der Waals surface area contributed by atoms with Gasteiger partial charge in [0, 0.05) is 16.0 Å². The molecular formula is C22H15BrS. The minimum atomic E-state index is 1.17. The molecule has 0 spiro atoms. The first-order valence-electron chi connectivity index (χ1n) is 7.83. The number of thiophene rings is 1. The largest absolute Gasteiger partial charge is 0.127 e. The number of benzene rings is 3. The second-order valence-electron chi connectivity index (χ2n) is 5.55. The van der Waals surface area contributed by atoms with E-state index < -0.39 is 0 Å². The van der Waals surface area contributed by atoms with Crippen LogP contribution in [0.15, 0.2) is 94.8 Å². The van der Waals surface area contributed by atoms with Crippen molar-refractivity contribution in [3.05, 3.63) is 94.8 Å². The molecule has 0 bridgehead atoms. The molecule has 0 radical (unpaired) electrons. The summed E-state index contributed by atoms with van der Waals surface area (Å²) < 4.78 is 1.17. The van der Waals surface area contributed by atoms with Gasteiger partial charge in [-0.1, -0.05) is 91.0 Å². The summed E-state index contributed by atoms with van der Waals surface area (Å²) in [6, 6.07) is 31.9. The van der Waals surface area contributed by atoms with Gasteiger partial charge in [0.1, 0.15) is 0 Å². The Morgan fingerprint density at radius 3 is 1.42 bits per heavy atom. The van der Waals surface area contributed by atoms with Gasteiger partial charge < -0.3 is 0 Å². The fourth-order valence-corrected chi connectivity index (χ4v) is 4.93. The number of hydrogen-bond acceptors (Lipinski definition) is 1. The Morgan fingerprint density at radius 2 is 0.917 bits per heavy atom. The van der Waals surface area contributed by atoms with Gasteiger partial charge in [-0.15, -0.1) is 11.3 Å². The van der Waals surface area contributed by atoms with Crippen molar-refractivity contribution in [2.45, 2.75) is 0 Å². The molecular weight excluding hydrogens is 376 g/mol. The maximum Gasteiger partial charge on any atom is 0.0789 e. The minimum absolute atomic E-state index is 1.17. The van der Waals surface area contributed by atoms with E-state index in [1.165, 1.54) is 36.5 Å². The van der Waals surface area contributed by atoms with Gasteiger partial charge in [-0.05, 0) is 32.6 Å². The molecule has 0 fully saturated rings. The summed E-state index contributed by atoms with van der Waals surface area (Å²) in [4.78, 5) is 1.30. The van der Waals surface area contributed by atoms with Gasteiger partial charge in [-0.3, -0.25) is 0 Å². The van der Waals surface area contributed by atoms with Crippen molar-refractivity contribution >= 4 is 27.3 Å². The summed E-state index contributed by atoms with van der Waals surface area (Å²) in [5, 5.41) is 0. The fourth-order valence-electron chi connectivity index (χ4n) is 2.94. The van der Waals surface area contributed by atoms with E-state index in [4.69, 9.17) is 0 Å². The van der Waals surface area contributed by atoms with Crippen molar-refractivity contribution in [2.24, 2.45) is 0 Å². The summed E-state index contributed by atoms with van der Waals surface area (Å²) >= 11 is 5.62. The van der Waals surface area contributed by atoms with E-state index in [2.05, 4.69) is 107 Å². The molecule has 4 aromatic rings. The minimum Gasteiger partial charge on any atom is -0.127 e. The molecule has 0 aliphatic carbocycles. The number of rotatable bonds is 3. The van der Waals surface area contributed by atoms with Crippen LogP contribution >= 0.6 is 27.3 Å². The standard InChI is InChI=1S/C22H15BrS/c23-22-20(17-12-6-2-7-13-17)19(16-10-4-1-5-11-16)21(24-22)18-14-8-3-9-15-18/h1-15H. The molecule has 24 heavy (non-hydrogen) atoms. The molecule has 0 unspecified atom stereocenters. The summed E-state index contributed by atoms with van der Waals surface area (Å²) in [6.45, 7) is 0. The van der Waals surface area contributed by atoms with Crippen LogP contribution in [0.3, 0.4) is 0 Å². The molecule has 0 atom stereocenters. The summed E-state index contributed by atoms with van der Waals surface area (Å²) in [7, 11) is 0. The zero-order valence-electron chi connectivity index (χ0n) is 12.9. The predicted octanol–water partition coefficient (Wildman–Crippen LogP) is 7.51. The monoisotopic (exact) mass is 390 g/mol. The quantitative estimate of drug-likeness (QED) is 0.339. The molecule has 0 N–H and O–H groups in total. The van der Waals surface area contributed by atoms with Crippen LogP contribution in [0.2, 0.25) is 0 Å². The molecule has 0 aliphatic rings. The molecule has 0 amide bonds. The van der Waals surface area contributed by atoms with E-state index in [0.29, 0.717) is 0 Å². The van der Waals surface area contributed by atoms with Gasteiger partial charge in [0.05, 0.1) is 3.79 Å². The predicted molar refractivity (Wildman–Crippen MR) is 108 cm³/mol. The average molecular weight is 391 g/mol. The maximum absolute atomic E-state index is 3.82. The van der Waals surface area contributed by atoms with E-state index in [1.807, 2.05) is 0 Å². The van der Waals surface area contributed by atoms with Crippen LogP contribution < -0.4 is 0 Å². The fraction of sp³-hybridized carbons (Fsp3) is 0. The number of hydrogen-bond donors (Lipinski definition) is 0. The molecule has 4 rings (SSSR count). The van der Waals surface area contributed by atoms with E-state index in [0.717, 1.165) is 0 Å². The third kappa shape index (κ3) is 2.83. The average Bonchev–Trinajstić information content (AvgIpc) is 3.01. The molecule has 0 saturated heterocycles. The lowest BCUT2D eigenvalue weighted by Crippen LogP contribution is -1.84. The first kappa shape index (κ1) is 15.4. The summed E-state index contributed by atoms with van der Waals surface area (Å²) in [5.41, 5.74) is 6.30. The highest BCUT2D eigenvalue weighted by molar-refractivity contribution is 9.11. The van der Waals surface area contributed by atoms with Crippen molar-refractivity contribution in [3.8, 4) is 32.7 Å². The summed E-state index contributed by atoms with van der Waals surface area (Å²) in [6.07, 6.45) is 0. The smallest absolute Gasteiger partial charge is 0.0789 e. The topological polar surface area (TPSA) is 0 Å². The zero-order valence-corrected chi connectivity index (χ0v) is 15.3. The molecule has 0 saturated carbocycles. The van der Waals surface area contributed by atoms with Gasteiger partial charge >= 0.3 is 0 Å². The molecule has 0 nitrogen and oxygen atoms in total. The lowest BCUT2D eigenvalue weighted by molar-refractivity contribution is 1.62. The van der Waals surface area contributed by atoms with Gasteiger partial charge in [-0.2, -0.15) is 0 Å². The van der Waals surface area contributed by atoms with Crippen molar-refractivity contribution in [1.29, 1.82) is 0 Å². The molecule has 1 aromatic heterocycles. The number of halogens is 1. The van der Waals surface area contributed by atoms with E-state index in [-0.39, 0.29) is 0 Å². The first-order valence-corrected chi connectivity index (χ1v) is 9.44. The van der Waals surface area contributed by atoms with Crippen molar-refractivity contribution in [3.63, 3.8) is 0 Å². The van der Waals surface area contributed by atoms with Crippen LogP contribution in [-0.4, -0.2) is 0 Å². The normalized spacial score (nSPS) is 10.7. The van der Waals surface area contributed by atoms with Crippen LogP contribution in [-0.2, 0) is 0 Å². The van der Waals surface area contributed by atoms with E-state index >= 15 is 0 Å². The second-order valence-corrected chi connectivity index (χ2v) is 7.89. The Morgan fingerprint density at radius 1 is 0.500 bits per heavy atom. The van der Waals surface area contributed by atoms with Gasteiger partial charge in [0.2, 0.25) is 0 Å². The van der Waals surface area contributed by atoms with Crippen LogP contribution in [0, 0.1) is 0 Å². The molecule has 0 aliphatic heterocycles. The van der Waals surface area contributed by atoms with Crippen molar-refractivity contribution in [2.75, 3.05) is 0 Å². The van der Waals surface area contributed by atoms with Crippen molar-refractivity contribution < 1.29 is 0 Å². The SMILES string of the molecule is Brc1sc(-c2ccccc2)c(-c2ccccc2)c1-c1ccccc1. The molecule has 1 heterocycles. The van der Waals surface area contributed by atoms with Gasteiger partial charge in [0.15, 0.2) is 0 Å². The molecule has 3 aromatic carbocycles. The van der Waals surface area contributed by atoms with Crippen LogP contribution in [0.25, 0.3) is 32.7 Å². The van der Waals surface area contributed by atoms with Gasteiger partial charge in [-0.25, -0.2) is 0 Å². The lowest BCUT2D eigenvalue weighted by Gasteiger charge is -2.09. The highest BCUT2D eigenvalue weighted by atomic mass is 79.9.